The van der Waals surface area contributed by atoms with E-state index in [1.807, 2.05) is 59.1 Å². The number of ether oxygens (including phenoxy) is 3. The van der Waals surface area contributed by atoms with Gasteiger partial charge in [0.05, 0.1) is 33.3 Å². The van der Waals surface area contributed by atoms with Crippen molar-refractivity contribution in [3.63, 3.8) is 0 Å². The summed E-state index contributed by atoms with van der Waals surface area (Å²) in [7, 11) is 4.73. The summed E-state index contributed by atoms with van der Waals surface area (Å²) in [5.41, 5.74) is 3.03. The summed E-state index contributed by atoms with van der Waals surface area (Å²) in [5.74, 6) is 1.68. The molecule has 0 bridgehead atoms. The summed E-state index contributed by atoms with van der Waals surface area (Å²) in [4.78, 5) is 18.7. The van der Waals surface area contributed by atoms with Gasteiger partial charge in [0.1, 0.15) is 22.6 Å². The van der Waals surface area contributed by atoms with Gasteiger partial charge in [0.25, 0.3) is 5.56 Å². The van der Waals surface area contributed by atoms with Gasteiger partial charge in [-0.15, -0.1) is 0 Å². The Hall–Kier alpha value is -4.00. The highest BCUT2D eigenvalue weighted by Crippen LogP contribution is 2.36. The zero-order valence-electron chi connectivity index (χ0n) is 17.5. The molecule has 2 aromatic carbocycles. The highest BCUT2D eigenvalue weighted by Gasteiger charge is 2.21. The molecule has 0 radical (unpaired) electrons. The first kappa shape index (κ1) is 19.0. The Kier molecular flexibility index (Phi) is 4.51. The average Bonchev–Trinajstić information content (AvgIpc) is 3.20. The van der Waals surface area contributed by atoms with Gasteiger partial charge in [-0.3, -0.25) is 13.8 Å². The number of hydrogen-bond donors (Lipinski definition) is 0. The summed E-state index contributed by atoms with van der Waals surface area (Å²) >= 11 is 0. The van der Waals surface area contributed by atoms with E-state index in [9.17, 15) is 4.79 Å². The van der Waals surface area contributed by atoms with E-state index in [0.717, 1.165) is 33.5 Å². The van der Waals surface area contributed by atoms with Crippen LogP contribution in [-0.2, 0) is 6.54 Å². The first-order chi connectivity index (χ1) is 15.2. The van der Waals surface area contributed by atoms with Crippen LogP contribution < -0.4 is 19.8 Å². The van der Waals surface area contributed by atoms with Crippen molar-refractivity contribution in [1.29, 1.82) is 0 Å². The molecule has 0 saturated carbocycles. The van der Waals surface area contributed by atoms with E-state index in [1.54, 1.807) is 32.0 Å². The van der Waals surface area contributed by atoms with Gasteiger partial charge in [0.15, 0.2) is 11.5 Å². The molecule has 0 spiro atoms. The van der Waals surface area contributed by atoms with Crippen molar-refractivity contribution in [1.82, 2.24) is 14.0 Å². The molecule has 7 heteroatoms. The molecule has 31 heavy (non-hydrogen) atoms. The molecular weight excluding hydrogens is 394 g/mol. The number of imidazole rings is 1. The Morgan fingerprint density at radius 3 is 2.42 bits per heavy atom. The maximum atomic E-state index is 13.8. The standard InChI is InChI=1S/C24H21N3O4/c1-29-16-9-7-15(8-10-16)14-27-23-21(25-19-6-4-5-13-26(19)23)17-11-12-18(30-2)22(31-3)20(17)24(27)28/h4-13H,14H2,1-3H3. The predicted molar refractivity (Wildman–Crippen MR) is 120 cm³/mol. The number of nitrogens with zero attached hydrogens (tertiary/aromatic N) is 3. The van der Waals surface area contributed by atoms with Crippen LogP contribution in [0.3, 0.4) is 0 Å². The smallest absolute Gasteiger partial charge is 0.264 e. The van der Waals surface area contributed by atoms with Crippen LogP contribution in [0.4, 0.5) is 0 Å². The van der Waals surface area contributed by atoms with Gasteiger partial charge in [-0.2, -0.15) is 0 Å². The Bertz CT molecular complexity index is 1480. The van der Waals surface area contributed by atoms with Gasteiger partial charge >= 0.3 is 0 Å². The molecule has 3 aromatic heterocycles. The second kappa shape index (κ2) is 7.36. The molecule has 0 unspecified atom stereocenters. The zero-order chi connectivity index (χ0) is 21.5. The quantitative estimate of drug-likeness (QED) is 0.436. The van der Waals surface area contributed by atoms with Gasteiger partial charge in [-0.1, -0.05) is 18.2 Å². The number of hydrogen-bond acceptors (Lipinski definition) is 5. The lowest BCUT2D eigenvalue weighted by atomic mass is 10.1. The third-order valence-electron chi connectivity index (χ3n) is 5.52. The number of rotatable bonds is 5. The van der Waals surface area contributed by atoms with E-state index in [4.69, 9.17) is 19.2 Å². The molecule has 0 aliphatic rings. The Labute approximate surface area is 178 Å². The van der Waals surface area contributed by atoms with Crippen molar-refractivity contribution in [3.05, 3.63) is 76.7 Å². The van der Waals surface area contributed by atoms with Gasteiger partial charge in [-0.25, -0.2) is 4.98 Å². The van der Waals surface area contributed by atoms with Gasteiger partial charge in [0, 0.05) is 11.6 Å². The van der Waals surface area contributed by atoms with Crippen molar-refractivity contribution in [2.24, 2.45) is 0 Å². The number of pyridine rings is 2. The molecule has 0 atom stereocenters. The van der Waals surface area contributed by atoms with Gasteiger partial charge < -0.3 is 14.2 Å². The molecular formula is C24H21N3O4. The normalized spacial score (nSPS) is 11.3. The molecule has 156 valence electrons. The van der Waals surface area contributed by atoms with Gasteiger partial charge in [-0.05, 0) is 42.0 Å². The van der Waals surface area contributed by atoms with Crippen molar-refractivity contribution >= 4 is 27.6 Å². The Morgan fingerprint density at radius 1 is 0.903 bits per heavy atom. The minimum absolute atomic E-state index is 0.167. The number of aromatic nitrogens is 3. The maximum absolute atomic E-state index is 13.8. The van der Waals surface area contributed by atoms with Crippen LogP contribution in [0, 0.1) is 0 Å². The van der Waals surface area contributed by atoms with E-state index < -0.39 is 0 Å². The van der Waals surface area contributed by atoms with E-state index in [-0.39, 0.29) is 5.56 Å². The first-order valence-corrected chi connectivity index (χ1v) is 9.83. The predicted octanol–water partition coefficient (Wildman–Crippen LogP) is 3.88. The Morgan fingerprint density at radius 2 is 1.71 bits per heavy atom. The summed E-state index contributed by atoms with van der Waals surface area (Å²) in [6.45, 7) is 0.373. The summed E-state index contributed by atoms with van der Waals surface area (Å²) in [5, 5.41) is 1.18. The summed E-state index contributed by atoms with van der Waals surface area (Å²) in [6.07, 6.45) is 1.92. The van der Waals surface area contributed by atoms with Crippen molar-refractivity contribution in [2.45, 2.75) is 6.54 Å². The van der Waals surface area contributed by atoms with Crippen LogP contribution in [0.5, 0.6) is 17.2 Å². The van der Waals surface area contributed by atoms with E-state index in [2.05, 4.69) is 0 Å². The Balaban J connectivity index is 1.90. The lowest BCUT2D eigenvalue weighted by molar-refractivity contribution is 0.358. The molecule has 0 amide bonds. The molecule has 0 aliphatic heterocycles. The molecule has 3 heterocycles. The maximum Gasteiger partial charge on any atom is 0.264 e. The fraction of sp³-hybridized carbons (Fsp3) is 0.167. The minimum atomic E-state index is -0.167. The van der Waals surface area contributed by atoms with Crippen LogP contribution in [0.2, 0.25) is 0 Å². The molecule has 5 rings (SSSR count). The molecule has 7 nitrogen and oxygen atoms in total. The van der Waals surface area contributed by atoms with E-state index >= 15 is 0 Å². The number of fused-ring (bicyclic) bond motifs is 5. The fourth-order valence-electron chi connectivity index (χ4n) is 4.05. The third-order valence-corrected chi connectivity index (χ3v) is 5.52. The van der Waals surface area contributed by atoms with Crippen LogP contribution in [0.15, 0.2) is 65.6 Å². The second-order valence-corrected chi connectivity index (χ2v) is 7.18. The topological polar surface area (TPSA) is 67.0 Å². The van der Waals surface area contributed by atoms with E-state index in [0.29, 0.717) is 23.4 Å². The molecule has 0 fully saturated rings. The van der Waals surface area contributed by atoms with Crippen molar-refractivity contribution in [3.8, 4) is 17.2 Å². The fourth-order valence-corrected chi connectivity index (χ4v) is 4.05. The highest BCUT2D eigenvalue weighted by molar-refractivity contribution is 6.07. The monoisotopic (exact) mass is 415 g/mol. The highest BCUT2D eigenvalue weighted by atomic mass is 16.5. The number of methoxy groups -OCH3 is 3. The average molecular weight is 415 g/mol. The van der Waals surface area contributed by atoms with E-state index in [1.165, 1.54) is 0 Å². The van der Waals surface area contributed by atoms with Crippen molar-refractivity contribution in [2.75, 3.05) is 21.3 Å². The summed E-state index contributed by atoms with van der Waals surface area (Å²) < 4.78 is 20.0. The van der Waals surface area contributed by atoms with Gasteiger partial charge in [0.2, 0.25) is 0 Å². The van der Waals surface area contributed by atoms with Crippen LogP contribution >= 0.6 is 0 Å². The third kappa shape index (κ3) is 2.89. The molecule has 0 aliphatic carbocycles. The minimum Gasteiger partial charge on any atom is -0.497 e. The molecule has 0 saturated heterocycles. The summed E-state index contributed by atoms with van der Waals surface area (Å²) in [6, 6.07) is 17.1. The number of benzene rings is 2. The van der Waals surface area contributed by atoms with Crippen molar-refractivity contribution < 1.29 is 14.2 Å². The van der Waals surface area contributed by atoms with Crippen LogP contribution in [0.25, 0.3) is 27.6 Å². The lowest BCUT2D eigenvalue weighted by Crippen LogP contribution is -2.23. The first-order valence-electron chi connectivity index (χ1n) is 9.83. The van der Waals surface area contributed by atoms with Crippen LogP contribution in [-0.4, -0.2) is 35.3 Å². The SMILES string of the molecule is COc1ccc(Cn2c(=O)c3c(OC)c(OC)ccc3c3nc4ccccn4c32)cc1. The lowest BCUT2D eigenvalue weighted by Gasteiger charge is -2.15. The van der Waals surface area contributed by atoms with Crippen LogP contribution in [0.1, 0.15) is 5.56 Å². The molecule has 0 N–H and O–H groups in total. The largest absolute Gasteiger partial charge is 0.497 e. The zero-order valence-corrected chi connectivity index (χ0v) is 17.5. The second-order valence-electron chi connectivity index (χ2n) is 7.18. The molecule has 5 aromatic rings.